The van der Waals surface area contributed by atoms with Gasteiger partial charge in [-0.15, -0.1) is 0 Å². The molecule has 0 spiro atoms. The highest BCUT2D eigenvalue weighted by molar-refractivity contribution is 4.85. The minimum atomic E-state index is 0.140. The zero-order chi connectivity index (χ0) is 11.5. The van der Waals surface area contributed by atoms with E-state index in [9.17, 15) is 0 Å². The van der Waals surface area contributed by atoms with E-state index in [0.29, 0.717) is 11.8 Å². The van der Waals surface area contributed by atoms with E-state index in [1.165, 1.54) is 6.42 Å². The summed E-state index contributed by atoms with van der Waals surface area (Å²) in [5.74, 6) is 1.32. The van der Waals surface area contributed by atoms with Crippen LogP contribution in [-0.2, 0) is 0 Å². The van der Waals surface area contributed by atoms with Crippen molar-refractivity contribution in [3.8, 4) is 0 Å². The molecule has 0 rings (SSSR count). The normalized spacial score (nSPS) is 16.3. The van der Waals surface area contributed by atoms with E-state index in [1.807, 2.05) is 12.2 Å². The molecule has 88 valence electrons. The van der Waals surface area contributed by atoms with Gasteiger partial charge in [0.2, 0.25) is 0 Å². The lowest BCUT2D eigenvalue weighted by atomic mass is 9.92. The third kappa shape index (κ3) is 9.70. The van der Waals surface area contributed by atoms with Gasteiger partial charge in [0.25, 0.3) is 0 Å². The molecule has 0 radical (unpaired) electrons. The number of hydrogen-bond acceptors (Lipinski definition) is 2. The van der Waals surface area contributed by atoms with Crippen LogP contribution in [-0.4, -0.2) is 23.4 Å². The summed E-state index contributed by atoms with van der Waals surface area (Å²) in [5.41, 5.74) is 0. The van der Waals surface area contributed by atoms with Gasteiger partial charge in [0.15, 0.2) is 0 Å². The zero-order valence-electron chi connectivity index (χ0n) is 9.89. The zero-order valence-corrected chi connectivity index (χ0v) is 9.89. The highest BCUT2D eigenvalue weighted by atomic mass is 16.3. The first kappa shape index (κ1) is 14.4. The van der Waals surface area contributed by atoms with Crippen molar-refractivity contribution >= 4 is 0 Å². The fraction of sp³-hybridized carbons (Fsp3) is 0.692. The lowest BCUT2D eigenvalue weighted by Gasteiger charge is -2.14. The van der Waals surface area contributed by atoms with Crippen LogP contribution in [0, 0.1) is 11.8 Å². The van der Waals surface area contributed by atoms with E-state index in [-0.39, 0.29) is 13.2 Å². The van der Waals surface area contributed by atoms with Crippen LogP contribution in [0.25, 0.3) is 0 Å². The van der Waals surface area contributed by atoms with Gasteiger partial charge in [-0.2, -0.15) is 0 Å². The van der Waals surface area contributed by atoms with Crippen LogP contribution in [0.4, 0.5) is 0 Å². The second kappa shape index (κ2) is 9.94. The van der Waals surface area contributed by atoms with Gasteiger partial charge in [0.05, 0.1) is 13.2 Å². The van der Waals surface area contributed by atoms with Crippen LogP contribution in [0.15, 0.2) is 24.3 Å². The maximum absolute atomic E-state index is 8.58. The van der Waals surface area contributed by atoms with E-state index in [2.05, 4.69) is 13.8 Å². The minimum Gasteiger partial charge on any atom is -0.392 e. The molecule has 0 aromatic heterocycles. The molecular formula is C13H24O2. The van der Waals surface area contributed by atoms with E-state index in [1.54, 1.807) is 12.2 Å². The second-order valence-electron chi connectivity index (χ2n) is 4.23. The second-order valence-corrected chi connectivity index (χ2v) is 4.23. The van der Waals surface area contributed by atoms with E-state index in [4.69, 9.17) is 10.2 Å². The van der Waals surface area contributed by atoms with Gasteiger partial charge in [-0.05, 0) is 31.1 Å². The Balaban J connectivity index is 3.61. The fourth-order valence-electron chi connectivity index (χ4n) is 1.69. The molecule has 2 nitrogen and oxygen atoms in total. The van der Waals surface area contributed by atoms with Crippen molar-refractivity contribution in [2.45, 2.75) is 33.1 Å². The summed E-state index contributed by atoms with van der Waals surface area (Å²) in [6.07, 6.45) is 10.9. The minimum absolute atomic E-state index is 0.140. The largest absolute Gasteiger partial charge is 0.392 e. The summed E-state index contributed by atoms with van der Waals surface area (Å²) in [5, 5.41) is 17.2. The molecule has 0 fully saturated rings. The quantitative estimate of drug-likeness (QED) is 0.607. The molecule has 2 N–H and O–H groups in total. The Morgan fingerprint density at radius 1 is 0.800 bits per heavy atom. The summed E-state index contributed by atoms with van der Waals surface area (Å²) >= 11 is 0. The van der Waals surface area contributed by atoms with Crippen LogP contribution >= 0.6 is 0 Å². The van der Waals surface area contributed by atoms with Crippen molar-refractivity contribution in [3.63, 3.8) is 0 Å². The average molecular weight is 212 g/mol. The van der Waals surface area contributed by atoms with Crippen molar-refractivity contribution in [3.05, 3.63) is 24.3 Å². The summed E-state index contributed by atoms with van der Waals surface area (Å²) in [6.45, 7) is 4.74. The summed E-state index contributed by atoms with van der Waals surface area (Å²) in [4.78, 5) is 0. The van der Waals surface area contributed by atoms with Crippen LogP contribution in [0.1, 0.15) is 33.1 Å². The SMILES string of the molecule is C[C@H](C/C=C\CO)C[C@@H](C)C/C=C\CO. The first-order valence-corrected chi connectivity index (χ1v) is 5.72. The molecule has 0 aliphatic heterocycles. The van der Waals surface area contributed by atoms with Crippen LogP contribution in [0.2, 0.25) is 0 Å². The summed E-state index contributed by atoms with van der Waals surface area (Å²) < 4.78 is 0. The van der Waals surface area contributed by atoms with E-state index in [0.717, 1.165) is 12.8 Å². The molecule has 0 aromatic carbocycles. The molecule has 0 unspecified atom stereocenters. The number of rotatable bonds is 8. The van der Waals surface area contributed by atoms with Crippen LogP contribution in [0.5, 0.6) is 0 Å². The molecule has 0 aliphatic rings. The lowest BCUT2D eigenvalue weighted by molar-refractivity contribution is 0.341. The molecular weight excluding hydrogens is 188 g/mol. The van der Waals surface area contributed by atoms with Gasteiger partial charge in [-0.25, -0.2) is 0 Å². The van der Waals surface area contributed by atoms with Gasteiger partial charge in [0, 0.05) is 0 Å². The predicted molar refractivity (Wildman–Crippen MR) is 64.6 cm³/mol. The average Bonchev–Trinajstić information content (AvgIpc) is 2.18. The number of aliphatic hydroxyl groups excluding tert-OH is 2. The Morgan fingerprint density at radius 2 is 1.20 bits per heavy atom. The van der Waals surface area contributed by atoms with Crippen molar-refractivity contribution in [2.24, 2.45) is 11.8 Å². The Labute approximate surface area is 93.3 Å². The lowest BCUT2D eigenvalue weighted by Crippen LogP contribution is -2.01. The maximum Gasteiger partial charge on any atom is 0.0612 e. The standard InChI is InChI=1S/C13H24O2/c1-12(7-3-5-9-14)11-13(2)8-4-6-10-15/h3-6,12-15H,7-11H2,1-2H3/b5-3-,6-4-/t12-,13+. The van der Waals surface area contributed by atoms with Crippen LogP contribution < -0.4 is 0 Å². The fourth-order valence-corrected chi connectivity index (χ4v) is 1.69. The molecule has 2 heteroatoms. The van der Waals surface area contributed by atoms with Gasteiger partial charge in [-0.1, -0.05) is 38.2 Å². The summed E-state index contributed by atoms with van der Waals surface area (Å²) in [7, 11) is 0. The number of hydrogen-bond donors (Lipinski definition) is 2. The molecule has 0 aliphatic carbocycles. The Hall–Kier alpha value is -0.600. The summed E-state index contributed by atoms with van der Waals surface area (Å²) in [6, 6.07) is 0. The molecule has 0 bridgehead atoms. The highest BCUT2D eigenvalue weighted by Gasteiger charge is 2.05. The van der Waals surface area contributed by atoms with Gasteiger partial charge >= 0.3 is 0 Å². The third-order valence-electron chi connectivity index (χ3n) is 2.43. The first-order valence-electron chi connectivity index (χ1n) is 5.72. The Morgan fingerprint density at radius 3 is 1.53 bits per heavy atom. The van der Waals surface area contributed by atoms with Gasteiger partial charge < -0.3 is 10.2 Å². The smallest absolute Gasteiger partial charge is 0.0612 e. The monoisotopic (exact) mass is 212 g/mol. The Kier molecular flexibility index (Phi) is 9.54. The van der Waals surface area contributed by atoms with Gasteiger partial charge in [0.1, 0.15) is 0 Å². The molecule has 2 atom stereocenters. The molecule has 0 saturated heterocycles. The Bertz CT molecular complexity index is 165. The molecule has 0 aromatic rings. The van der Waals surface area contributed by atoms with Crippen molar-refractivity contribution < 1.29 is 10.2 Å². The maximum atomic E-state index is 8.58. The number of aliphatic hydroxyl groups is 2. The van der Waals surface area contributed by atoms with Crippen molar-refractivity contribution in [1.82, 2.24) is 0 Å². The predicted octanol–water partition coefficient (Wildman–Crippen LogP) is 2.53. The van der Waals surface area contributed by atoms with E-state index >= 15 is 0 Å². The molecule has 0 heterocycles. The molecule has 15 heavy (non-hydrogen) atoms. The highest BCUT2D eigenvalue weighted by Crippen LogP contribution is 2.18. The van der Waals surface area contributed by atoms with E-state index < -0.39 is 0 Å². The molecule has 0 amide bonds. The molecule has 0 saturated carbocycles. The van der Waals surface area contributed by atoms with Crippen molar-refractivity contribution in [1.29, 1.82) is 0 Å². The van der Waals surface area contributed by atoms with Crippen LogP contribution in [0.3, 0.4) is 0 Å². The third-order valence-corrected chi connectivity index (χ3v) is 2.43. The topological polar surface area (TPSA) is 40.5 Å². The van der Waals surface area contributed by atoms with Crippen molar-refractivity contribution in [2.75, 3.05) is 13.2 Å². The number of allylic oxidation sites excluding steroid dienone is 2. The first-order chi connectivity index (χ1) is 7.20. The van der Waals surface area contributed by atoms with Gasteiger partial charge in [-0.3, -0.25) is 0 Å².